The number of anilines is 1. The number of aliphatic hydroxyl groups excluding tert-OH is 1. The summed E-state index contributed by atoms with van der Waals surface area (Å²) in [7, 11) is 0.442. The molecule has 0 saturated carbocycles. The first kappa shape index (κ1) is 19.2. The van der Waals surface area contributed by atoms with E-state index in [1.54, 1.807) is 24.3 Å². The van der Waals surface area contributed by atoms with Crippen LogP contribution in [-0.2, 0) is 9.09 Å². The molecule has 0 heterocycles. The highest BCUT2D eigenvalue weighted by Gasteiger charge is 2.36. The fraction of sp³-hybridized carbons (Fsp3) is 0.333. The minimum absolute atomic E-state index is 0.334. The maximum atomic E-state index is 13.5. The molecule has 6 heteroatoms. The summed E-state index contributed by atoms with van der Waals surface area (Å²) < 4.78 is 20.1. The van der Waals surface area contributed by atoms with E-state index in [0.717, 1.165) is 16.6 Å². The fourth-order valence-corrected chi connectivity index (χ4v) is 4.72. The third-order valence-corrected chi connectivity index (χ3v) is 6.76. The van der Waals surface area contributed by atoms with E-state index in [9.17, 15) is 9.67 Å². The lowest BCUT2D eigenvalue weighted by Crippen LogP contribution is -2.16. The largest absolute Gasteiger partial charge is 0.378 e. The summed E-state index contributed by atoms with van der Waals surface area (Å²) in [5, 5.41) is 11.3. The van der Waals surface area contributed by atoms with Crippen LogP contribution >= 0.6 is 23.3 Å². The second-order valence-electron chi connectivity index (χ2n) is 5.77. The molecule has 0 bridgehead atoms. The maximum Gasteiger partial charge on any atom is 0.264 e. The lowest BCUT2D eigenvalue weighted by Gasteiger charge is -2.25. The van der Waals surface area contributed by atoms with Crippen molar-refractivity contribution in [2.75, 3.05) is 25.6 Å². The Morgan fingerprint density at radius 3 is 2.21 bits per heavy atom. The van der Waals surface area contributed by atoms with Gasteiger partial charge in [0, 0.05) is 29.6 Å². The molecule has 2 rings (SSSR count). The lowest BCUT2D eigenvalue weighted by atomic mass is 10.2. The van der Waals surface area contributed by atoms with Crippen LogP contribution in [0.4, 0.5) is 5.69 Å². The van der Waals surface area contributed by atoms with Crippen LogP contribution in [0.25, 0.3) is 0 Å². The van der Waals surface area contributed by atoms with Crippen LogP contribution in [0.2, 0.25) is 0 Å². The minimum Gasteiger partial charge on any atom is -0.378 e. The first-order valence-electron chi connectivity index (χ1n) is 7.84. The summed E-state index contributed by atoms with van der Waals surface area (Å²) in [5.74, 6) is -1.19. The summed E-state index contributed by atoms with van der Waals surface area (Å²) in [6.07, 6.45) is 0.729. The number of hydrogen-bond acceptors (Lipinski definition) is 4. The molecule has 0 radical (unpaired) electrons. The van der Waals surface area contributed by atoms with E-state index >= 15 is 0 Å². The molecule has 0 amide bonds. The predicted molar refractivity (Wildman–Crippen MR) is 103 cm³/mol. The zero-order valence-corrected chi connectivity index (χ0v) is 16.6. The van der Waals surface area contributed by atoms with E-state index in [4.69, 9.17) is 4.52 Å². The Morgan fingerprint density at radius 2 is 1.71 bits per heavy atom. The van der Waals surface area contributed by atoms with Crippen molar-refractivity contribution in [1.82, 2.24) is 0 Å². The summed E-state index contributed by atoms with van der Waals surface area (Å²) in [4.78, 5) is 1.97. The summed E-state index contributed by atoms with van der Waals surface area (Å²) in [6.45, 7) is 2.28. The third-order valence-electron chi connectivity index (χ3n) is 3.70. The van der Waals surface area contributed by atoms with Crippen LogP contribution in [0.3, 0.4) is 0 Å². The maximum absolute atomic E-state index is 13.5. The molecule has 2 aromatic rings. The average molecular weight is 412 g/mol. The van der Waals surface area contributed by atoms with Crippen molar-refractivity contribution in [3.8, 4) is 0 Å². The quantitative estimate of drug-likeness (QED) is 0.679. The fourth-order valence-electron chi connectivity index (χ4n) is 2.30. The van der Waals surface area contributed by atoms with E-state index in [-0.39, 0.29) is 0 Å². The zero-order valence-electron chi connectivity index (χ0n) is 14.1. The van der Waals surface area contributed by atoms with Gasteiger partial charge in [-0.25, -0.2) is 0 Å². The van der Waals surface area contributed by atoms with Crippen molar-refractivity contribution in [1.29, 1.82) is 0 Å². The van der Waals surface area contributed by atoms with Crippen molar-refractivity contribution < 1.29 is 14.2 Å². The molecular formula is C18H23BrNO3P. The van der Waals surface area contributed by atoms with Gasteiger partial charge >= 0.3 is 0 Å². The number of benzene rings is 2. The number of hydrogen-bond donors (Lipinski definition) is 1. The molecule has 0 fully saturated rings. The van der Waals surface area contributed by atoms with Gasteiger partial charge in [0.05, 0.1) is 6.61 Å². The monoisotopic (exact) mass is 411 g/mol. The predicted octanol–water partition coefficient (Wildman–Crippen LogP) is 4.54. The number of aliphatic hydroxyl groups is 1. The molecule has 0 saturated heterocycles. The van der Waals surface area contributed by atoms with Crippen molar-refractivity contribution in [3.63, 3.8) is 0 Å². The molecule has 130 valence electrons. The summed E-state index contributed by atoms with van der Waals surface area (Å²) >= 11 is 3.37. The standard InChI is InChI=1S/C18H23BrNO3P/c1-4-13-23-24(22,17-11-9-16(10-12-17)20(2)3)18(21)14-5-7-15(19)8-6-14/h5-12,18,21H,4,13H2,1-3H3/t18-,24-/m0/s1. The van der Waals surface area contributed by atoms with Crippen LogP contribution in [0.5, 0.6) is 0 Å². The third kappa shape index (κ3) is 4.28. The van der Waals surface area contributed by atoms with Crippen molar-refractivity contribution in [3.05, 3.63) is 58.6 Å². The van der Waals surface area contributed by atoms with E-state index < -0.39 is 13.2 Å². The van der Waals surface area contributed by atoms with Gasteiger partial charge < -0.3 is 14.5 Å². The number of nitrogens with zero attached hydrogens (tertiary/aromatic N) is 1. The Morgan fingerprint density at radius 1 is 1.12 bits per heavy atom. The second kappa shape index (κ2) is 8.30. The molecule has 0 aliphatic carbocycles. The molecular weight excluding hydrogens is 389 g/mol. The topological polar surface area (TPSA) is 49.8 Å². The van der Waals surface area contributed by atoms with Gasteiger partial charge in [0.15, 0.2) is 5.85 Å². The summed E-state index contributed by atoms with van der Waals surface area (Å²) in [6, 6.07) is 14.4. The van der Waals surface area contributed by atoms with Gasteiger partial charge in [0.1, 0.15) is 0 Å². The molecule has 0 aliphatic rings. The smallest absolute Gasteiger partial charge is 0.264 e. The van der Waals surface area contributed by atoms with Crippen LogP contribution in [0.15, 0.2) is 53.0 Å². The van der Waals surface area contributed by atoms with Gasteiger partial charge in [-0.2, -0.15) is 0 Å². The highest BCUT2D eigenvalue weighted by atomic mass is 79.9. The van der Waals surface area contributed by atoms with E-state index in [2.05, 4.69) is 15.9 Å². The van der Waals surface area contributed by atoms with Crippen molar-refractivity contribution in [2.24, 2.45) is 0 Å². The molecule has 24 heavy (non-hydrogen) atoms. The highest BCUT2D eigenvalue weighted by molar-refractivity contribution is 9.10. The SMILES string of the molecule is CCCO[P@@](=O)(c1ccc(N(C)C)cc1)[C@H](O)c1ccc(Br)cc1. The van der Waals surface area contributed by atoms with E-state index in [0.29, 0.717) is 17.5 Å². The first-order valence-corrected chi connectivity index (χ1v) is 10.3. The molecule has 4 nitrogen and oxygen atoms in total. The molecule has 0 unspecified atom stereocenters. The van der Waals surface area contributed by atoms with Crippen LogP contribution in [-0.4, -0.2) is 25.8 Å². The van der Waals surface area contributed by atoms with E-state index in [1.807, 2.05) is 50.2 Å². The Balaban J connectivity index is 2.41. The van der Waals surface area contributed by atoms with Crippen LogP contribution < -0.4 is 10.2 Å². The van der Waals surface area contributed by atoms with Gasteiger partial charge in [0.2, 0.25) is 0 Å². The van der Waals surface area contributed by atoms with Gasteiger partial charge in [0.25, 0.3) is 7.37 Å². The molecule has 1 N–H and O–H groups in total. The average Bonchev–Trinajstić information content (AvgIpc) is 2.59. The molecule has 2 atom stereocenters. The minimum atomic E-state index is -3.44. The summed E-state index contributed by atoms with van der Waals surface area (Å²) in [5.41, 5.74) is 1.58. The second-order valence-corrected chi connectivity index (χ2v) is 9.14. The van der Waals surface area contributed by atoms with Crippen molar-refractivity contribution in [2.45, 2.75) is 19.2 Å². The van der Waals surface area contributed by atoms with Gasteiger partial charge in [-0.05, 0) is 48.4 Å². The highest BCUT2D eigenvalue weighted by Crippen LogP contribution is 2.57. The number of rotatable bonds is 7. The van der Waals surface area contributed by atoms with Crippen LogP contribution in [0.1, 0.15) is 24.8 Å². The Labute approximate surface area is 152 Å². The van der Waals surface area contributed by atoms with Gasteiger partial charge in [-0.3, -0.25) is 4.57 Å². The Bertz CT molecular complexity index is 701. The molecule has 0 aromatic heterocycles. The molecule has 0 spiro atoms. The molecule has 0 aliphatic heterocycles. The van der Waals surface area contributed by atoms with Gasteiger partial charge in [-0.1, -0.05) is 35.0 Å². The van der Waals surface area contributed by atoms with Crippen molar-refractivity contribution >= 4 is 34.3 Å². The number of halogens is 1. The first-order chi connectivity index (χ1) is 11.4. The molecule has 2 aromatic carbocycles. The van der Waals surface area contributed by atoms with Gasteiger partial charge in [-0.15, -0.1) is 0 Å². The Hall–Kier alpha value is -1.13. The van der Waals surface area contributed by atoms with E-state index in [1.165, 1.54) is 0 Å². The Kier molecular flexibility index (Phi) is 6.64. The normalized spacial score (nSPS) is 14.9. The lowest BCUT2D eigenvalue weighted by molar-refractivity contribution is 0.214. The van der Waals surface area contributed by atoms with Crippen LogP contribution in [0, 0.1) is 0 Å². The zero-order chi connectivity index (χ0) is 17.7.